The molecule has 0 N–H and O–H groups in total. The molecule has 0 unspecified atom stereocenters. The monoisotopic (exact) mass is 323 g/mol. The molecule has 0 spiro atoms. The van der Waals surface area contributed by atoms with Crippen LogP contribution in [0.4, 0.5) is 5.69 Å². The second-order valence-corrected chi connectivity index (χ2v) is 4.15. The third-order valence-corrected chi connectivity index (χ3v) is 2.55. The quantitative estimate of drug-likeness (QED) is 0.483. The van der Waals surface area contributed by atoms with Gasteiger partial charge in [-0.3, -0.25) is 10.1 Å². The summed E-state index contributed by atoms with van der Waals surface area (Å²) in [5, 5.41) is 11.0. The van der Waals surface area contributed by atoms with Crippen LogP contribution in [0.2, 0.25) is 5.02 Å². The van der Waals surface area contributed by atoms with E-state index in [0.717, 1.165) is 6.07 Å². The van der Waals surface area contributed by atoms with E-state index in [0.29, 0.717) is 4.47 Å². The van der Waals surface area contributed by atoms with Crippen LogP contribution >= 0.6 is 27.5 Å². The van der Waals surface area contributed by atoms with Gasteiger partial charge in [-0.1, -0.05) is 11.6 Å². The molecular formula is C9H7BrClNO5. The lowest BCUT2D eigenvalue weighted by Crippen LogP contribution is -2.13. The molecule has 1 rings (SSSR count). The van der Waals surface area contributed by atoms with Crippen molar-refractivity contribution in [1.82, 2.24) is 0 Å². The Morgan fingerprint density at radius 3 is 2.76 bits per heavy atom. The Bertz CT molecular complexity index is 465. The molecule has 0 amide bonds. The lowest BCUT2D eigenvalue weighted by molar-refractivity contribution is -0.385. The van der Waals surface area contributed by atoms with Gasteiger partial charge < -0.3 is 9.47 Å². The Morgan fingerprint density at radius 1 is 1.59 bits per heavy atom. The van der Waals surface area contributed by atoms with Gasteiger partial charge in [-0.05, 0) is 22.0 Å². The van der Waals surface area contributed by atoms with Crippen molar-refractivity contribution >= 4 is 39.2 Å². The van der Waals surface area contributed by atoms with Gasteiger partial charge in [0, 0.05) is 11.1 Å². The highest BCUT2D eigenvalue weighted by Crippen LogP contribution is 2.37. The average molecular weight is 325 g/mol. The maximum atomic E-state index is 10.9. The van der Waals surface area contributed by atoms with Crippen LogP contribution in [0.5, 0.6) is 5.75 Å². The third-order valence-electron chi connectivity index (χ3n) is 1.75. The van der Waals surface area contributed by atoms with Crippen molar-refractivity contribution in [2.24, 2.45) is 0 Å². The molecule has 6 nitrogen and oxygen atoms in total. The predicted molar refractivity (Wildman–Crippen MR) is 63.3 cm³/mol. The van der Waals surface area contributed by atoms with Gasteiger partial charge in [0.15, 0.2) is 6.61 Å². The molecule has 1 aromatic carbocycles. The maximum Gasteiger partial charge on any atom is 0.343 e. The van der Waals surface area contributed by atoms with Crippen LogP contribution in [0, 0.1) is 10.1 Å². The normalized spacial score (nSPS) is 9.82. The lowest BCUT2D eigenvalue weighted by Gasteiger charge is -2.07. The zero-order valence-electron chi connectivity index (χ0n) is 8.61. The maximum absolute atomic E-state index is 10.9. The van der Waals surface area contributed by atoms with Crippen molar-refractivity contribution < 1.29 is 19.2 Å². The first-order valence-electron chi connectivity index (χ1n) is 4.28. The first-order valence-corrected chi connectivity index (χ1v) is 5.46. The smallest absolute Gasteiger partial charge is 0.343 e. The summed E-state index contributed by atoms with van der Waals surface area (Å²) in [5.41, 5.74) is -0.326. The number of nitro benzene ring substituents is 1. The van der Waals surface area contributed by atoms with E-state index in [-0.39, 0.29) is 16.5 Å². The SMILES string of the molecule is COC(=O)COc1c(Br)cc(Cl)cc1[N+](=O)[O-]. The summed E-state index contributed by atoms with van der Waals surface area (Å²) in [5.74, 6) is -0.703. The van der Waals surface area contributed by atoms with Gasteiger partial charge >= 0.3 is 11.7 Å². The number of nitrogens with zero attached hydrogens (tertiary/aromatic N) is 1. The van der Waals surface area contributed by atoms with Crippen LogP contribution in [0.1, 0.15) is 0 Å². The summed E-state index contributed by atoms with van der Waals surface area (Å²) < 4.78 is 9.67. The highest BCUT2D eigenvalue weighted by atomic mass is 79.9. The largest absolute Gasteiger partial charge is 0.474 e. The van der Waals surface area contributed by atoms with Crippen molar-refractivity contribution in [1.29, 1.82) is 0 Å². The summed E-state index contributed by atoms with van der Waals surface area (Å²) in [4.78, 5) is 21.0. The van der Waals surface area contributed by atoms with Gasteiger partial charge in [0.1, 0.15) is 0 Å². The zero-order chi connectivity index (χ0) is 13.0. The first-order chi connectivity index (χ1) is 7.95. The molecule has 92 valence electrons. The molecule has 0 saturated heterocycles. The minimum absolute atomic E-state index is 0.0650. The fourth-order valence-corrected chi connectivity index (χ4v) is 1.92. The first kappa shape index (κ1) is 13.7. The number of halogens is 2. The summed E-state index contributed by atoms with van der Waals surface area (Å²) in [6, 6.07) is 2.57. The average Bonchev–Trinajstić information content (AvgIpc) is 2.26. The Kier molecular flexibility index (Phi) is 4.71. The summed E-state index contributed by atoms with van der Waals surface area (Å²) in [7, 11) is 1.19. The van der Waals surface area contributed by atoms with E-state index in [2.05, 4.69) is 20.7 Å². The minimum Gasteiger partial charge on any atom is -0.474 e. The second kappa shape index (κ2) is 5.83. The van der Waals surface area contributed by atoms with Crippen LogP contribution in [0.15, 0.2) is 16.6 Å². The van der Waals surface area contributed by atoms with Crippen LogP contribution in [-0.2, 0) is 9.53 Å². The number of hydrogen-bond donors (Lipinski definition) is 0. The van der Waals surface area contributed by atoms with E-state index in [1.165, 1.54) is 13.2 Å². The van der Waals surface area contributed by atoms with E-state index in [1.807, 2.05) is 0 Å². The number of carbonyl (C=O) groups excluding carboxylic acids is 1. The van der Waals surface area contributed by atoms with E-state index < -0.39 is 17.5 Å². The van der Waals surface area contributed by atoms with E-state index in [1.54, 1.807) is 0 Å². The molecule has 1 aromatic rings. The Morgan fingerprint density at radius 2 is 2.24 bits per heavy atom. The Hall–Kier alpha value is -1.34. The fourth-order valence-electron chi connectivity index (χ4n) is 1.02. The molecule has 0 saturated carbocycles. The van der Waals surface area contributed by atoms with Crippen LogP contribution < -0.4 is 4.74 Å². The molecule has 0 aliphatic heterocycles. The van der Waals surface area contributed by atoms with Crippen molar-refractivity contribution in [2.75, 3.05) is 13.7 Å². The van der Waals surface area contributed by atoms with Gasteiger partial charge in [-0.25, -0.2) is 4.79 Å². The topological polar surface area (TPSA) is 78.7 Å². The molecule has 0 atom stereocenters. The predicted octanol–water partition coefficient (Wildman–Crippen LogP) is 2.56. The van der Waals surface area contributed by atoms with Crippen molar-refractivity contribution in [3.8, 4) is 5.75 Å². The van der Waals surface area contributed by atoms with Crippen LogP contribution in [-0.4, -0.2) is 24.6 Å². The molecule has 0 aliphatic carbocycles. The molecule has 0 heterocycles. The standard InChI is InChI=1S/C9H7BrClNO5/c1-16-8(13)4-17-9-6(10)2-5(11)3-7(9)12(14)15/h2-3H,4H2,1H3. The zero-order valence-corrected chi connectivity index (χ0v) is 10.9. The second-order valence-electron chi connectivity index (χ2n) is 2.86. The molecule has 17 heavy (non-hydrogen) atoms. The Balaban J connectivity index is 3.04. The Labute approximate surface area is 110 Å². The van der Waals surface area contributed by atoms with Gasteiger partial charge in [-0.15, -0.1) is 0 Å². The van der Waals surface area contributed by atoms with Gasteiger partial charge in [0.2, 0.25) is 5.75 Å². The van der Waals surface area contributed by atoms with Crippen molar-refractivity contribution in [3.63, 3.8) is 0 Å². The number of benzene rings is 1. The highest BCUT2D eigenvalue weighted by molar-refractivity contribution is 9.10. The highest BCUT2D eigenvalue weighted by Gasteiger charge is 2.20. The molecule has 0 bridgehead atoms. The number of hydrogen-bond acceptors (Lipinski definition) is 5. The number of methoxy groups -OCH3 is 1. The number of nitro groups is 1. The number of rotatable bonds is 4. The summed E-state index contributed by atoms with van der Waals surface area (Å²) in [6.07, 6.45) is 0. The van der Waals surface area contributed by atoms with Crippen LogP contribution in [0.25, 0.3) is 0 Å². The van der Waals surface area contributed by atoms with Crippen molar-refractivity contribution in [3.05, 3.63) is 31.7 Å². The number of ether oxygens (including phenoxy) is 2. The minimum atomic E-state index is -0.650. The van der Waals surface area contributed by atoms with E-state index in [4.69, 9.17) is 16.3 Å². The van der Waals surface area contributed by atoms with E-state index in [9.17, 15) is 14.9 Å². The lowest BCUT2D eigenvalue weighted by atomic mass is 10.3. The molecule has 0 aliphatic rings. The number of carbonyl (C=O) groups is 1. The summed E-state index contributed by atoms with van der Waals surface area (Å²) >= 11 is 8.75. The van der Waals surface area contributed by atoms with Crippen LogP contribution in [0.3, 0.4) is 0 Å². The van der Waals surface area contributed by atoms with Gasteiger partial charge in [-0.2, -0.15) is 0 Å². The molecule has 8 heteroatoms. The number of esters is 1. The fraction of sp³-hybridized carbons (Fsp3) is 0.222. The summed E-state index contributed by atoms with van der Waals surface area (Å²) in [6.45, 7) is -0.419. The molecule has 0 radical (unpaired) electrons. The molecular weight excluding hydrogens is 317 g/mol. The van der Waals surface area contributed by atoms with Gasteiger partial charge in [0.05, 0.1) is 16.5 Å². The molecule has 0 aromatic heterocycles. The van der Waals surface area contributed by atoms with Crippen molar-refractivity contribution in [2.45, 2.75) is 0 Å². The molecule has 0 fully saturated rings. The third kappa shape index (κ3) is 3.57. The van der Waals surface area contributed by atoms with E-state index >= 15 is 0 Å². The van der Waals surface area contributed by atoms with Gasteiger partial charge in [0.25, 0.3) is 0 Å².